The summed E-state index contributed by atoms with van der Waals surface area (Å²) < 4.78 is 0. The summed E-state index contributed by atoms with van der Waals surface area (Å²) in [6.45, 7) is 6.23. The van der Waals surface area contributed by atoms with Crippen LogP contribution in [0.25, 0.3) is 11.3 Å². The van der Waals surface area contributed by atoms with E-state index in [2.05, 4.69) is 23.3 Å². The largest absolute Gasteiger partial charge is 0.312 e. The van der Waals surface area contributed by atoms with E-state index in [-0.39, 0.29) is 0 Å². The van der Waals surface area contributed by atoms with Crippen LogP contribution in [0.4, 0.5) is 0 Å². The third-order valence-electron chi connectivity index (χ3n) is 3.11. The molecule has 0 amide bonds. The van der Waals surface area contributed by atoms with E-state index in [0.717, 1.165) is 26.9 Å². The van der Waals surface area contributed by atoms with Crippen molar-refractivity contribution in [2.45, 2.75) is 26.8 Å². The van der Waals surface area contributed by atoms with Crippen molar-refractivity contribution in [1.29, 1.82) is 0 Å². The zero-order valence-corrected chi connectivity index (χ0v) is 12.6. The van der Waals surface area contributed by atoms with Crippen LogP contribution in [0.2, 0.25) is 5.02 Å². The second kappa shape index (κ2) is 5.39. The summed E-state index contributed by atoms with van der Waals surface area (Å²) in [6.07, 6.45) is 0. The third kappa shape index (κ3) is 2.44. The number of halogens is 1. The summed E-state index contributed by atoms with van der Waals surface area (Å²) in [5.41, 5.74) is 3.28. The van der Waals surface area contributed by atoms with Gasteiger partial charge in [-0.25, -0.2) is 4.98 Å². The van der Waals surface area contributed by atoms with Gasteiger partial charge in [-0.1, -0.05) is 23.7 Å². The predicted octanol–water partition coefficient (Wildman–Crippen LogP) is 4.36. The van der Waals surface area contributed by atoms with Crippen molar-refractivity contribution in [3.8, 4) is 11.3 Å². The van der Waals surface area contributed by atoms with Gasteiger partial charge in [-0.15, -0.1) is 11.3 Å². The molecule has 0 saturated heterocycles. The van der Waals surface area contributed by atoms with Crippen LogP contribution in [0.5, 0.6) is 0 Å². The molecular weight excluding hydrogens is 264 g/mol. The van der Waals surface area contributed by atoms with Gasteiger partial charge in [0.25, 0.3) is 0 Å². The lowest BCUT2D eigenvalue weighted by Gasteiger charge is -2.12. The summed E-state index contributed by atoms with van der Waals surface area (Å²) in [4.78, 5) is 5.94. The highest BCUT2D eigenvalue weighted by molar-refractivity contribution is 7.12. The fourth-order valence-corrected chi connectivity index (χ4v) is 3.10. The minimum absolute atomic E-state index is 0.296. The monoisotopic (exact) mass is 280 g/mol. The first-order valence-corrected chi connectivity index (χ1v) is 7.14. The number of aryl methyl sites for hydroxylation is 1. The van der Waals surface area contributed by atoms with Crippen LogP contribution < -0.4 is 5.32 Å². The maximum absolute atomic E-state index is 6.20. The molecule has 0 radical (unpaired) electrons. The molecular formula is C14H17ClN2S. The van der Waals surface area contributed by atoms with E-state index in [4.69, 9.17) is 11.6 Å². The molecule has 1 unspecified atom stereocenters. The molecule has 0 aliphatic heterocycles. The number of aromatic nitrogens is 1. The summed E-state index contributed by atoms with van der Waals surface area (Å²) in [5.74, 6) is 0. The Morgan fingerprint density at radius 3 is 2.72 bits per heavy atom. The quantitative estimate of drug-likeness (QED) is 0.903. The van der Waals surface area contributed by atoms with E-state index in [1.54, 1.807) is 11.3 Å². The van der Waals surface area contributed by atoms with Gasteiger partial charge in [0.1, 0.15) is 0 Å². The van der Waals surface area contributed by atoms with Crippen LogP contribution in [0, 0.1) is 13.8 Å². The number of nitrogens with zero attached hydrogens (tertiary/aromatic N) is 1. The first kappa shape index (κ1) is 13.5. The highest BCUT2D eigenvalue weighted by atomic mass is 35.5. The Kier molecular flexibility index (Phi) is 4.05. The molecule has 2 rings (SSSR count). The second-order valence-electron chi connectivity index (χ2n) is 4.37. The minimum Gasteiger partial charge on any atom is -0.312 e. The normalized spacial score (nSPS) is 12.7. The fraction of sp³-hybridized carbons (Fsp3) is 0.357. The molecule has 2 nitrogen and oxygen atoms in total. The molecule has 96 valence electrons. The van der Waals surface area contributed by atoms with Gasteiger partial charge in [0, 0.05) is 21.5 Å². The van der Waals surface area contributed by atoms with Gasteiger partial charge in [0.2, 0.25) is 0 Å². The maximum atomic E-state index is 6.20. The molecule has 0 aliphatic carbocycles. The SMILES string of the molecule is CNC(C)c1sc(C)nc1-c1cccc(Cl)c1C. The number of hydrogen-bond acceptors (Lipinski definition) is 3. The molecule has 0 saturated carbocycles. The van der Waals surface area contributed by atoms with Crippen LogP contribution >= 0.6 is 22.9 Å². The number of nitrogens with one attached hydrogen (secondary N) is 1. The van der Waals surface area contributed by atoms with E-state index in [1.807, 2.05) is 33.0 Å². The summed E-state index contributed by atoms with van der Waals surface area (Å²) in [6, 6.07) is 6.28. The van der Waals surface area contributed by atoms with Crippen molar-refractivity contribution >= 4 is 22.9 Å². The van der Waals surface area contributed by atoms with Crippen LogP contribution in [0.1, 0.15) is 28.4 Å². The van der Waals surface area contributed by atoms with Crippen LogP contribution in [0.15, 0.2) is 18.2 Å². The lowest BCUT2D eigenvalue weighted by molar-refractivity contribution is 0.664. The van der Waals surface area contributed by atoms with Gasteiger partial charge in [-0.05, 0) is 39.4 Å². The van der Waals surface area contributed by atoms with Crippen molar-refractivity contribution in [2.75, 3.05) is 7.05 Å². The molecule has 18 heavy (non-hydrogen) atoms. The maximum Gasteiger partial charge on any atom is 0.0905 e. The number of thiazole rings is 1. The van der Waals surface area contributed by atoms with Gasteiger partial charge in [0.15, 0.2) is 0 Å². The van der Waals surface area contributed by atoms with Crippen LogP contribution in [0.3, 0.4) is 0 Å². The van der Waals surface area contributed by atoms with Crippen LogP contribution in [-0.2, 0) is 0 Å². The van der Waals surface area contributed by atoms with Crippen molar-refractivity contribution in [1.82, 2.24) is 10.3 Å². The van der Waals surface area contributed by atoms with Gasteiger partial charge in [0.05, 0.1) is 10.7 Å². The topological polar surface area (TPSA) is 24.9 Å². The Balaban J connectivity index is 2.60. The first-order chi connectivity index (χ1) is 8.54. The average Bonchev–Trinajstić information content (AvgIpc) is 2.73. The fourth-order valence-electron chi connectivity index (χ4n) is 1.92. The third-order valence-corrected chi connectivity index (χ3v) is 4.67. The van der Waals surface area contributed by atoms with Crippen LogP contribution in [-0.4, -0.2) is 12.0 Å². The molecule has 1 aromatic carbocycles. The van der Waals surface area contributed by atoms with Gasteiger partial charge in [-0.2, -0.15) is 0 Å². The van der Waals surface area contributed by atoms with Gasteiger partial charge >= 0.3 is 0 Å². The Morgan fingerprint density at radius 2 is 2.06 bits per heavy atom. The molecule has 4 heteroatoms. The molecule has 0 bridgehead atoms. The van der Waals surface area contributed by atoms with E-state index in [1.165, 1.54) is 4.88 Å². The van der Waals surface area contributed by atoms with E-state index >= 15 is 0 Å². The second-order valence-corrected chi connectivity index (χ2v) is 6.01. The highest BCUT2D eigenvalue weighted by Crippen LogP contribution is 2.35. The molecule has 0 aliphatic rings. The Hall–Kier alpha value is -0.900. The summed E-state index contributed by atoms with van der Waals surface area (Å²) >= 11 is 7.94. The summed E-state index contributed by atoms with van der Waals surface area (Å²) in [7, 11) is 1.97. The highest BCUT2D eigenvalue weighted by Gasteiger charge is 2.17. The van der Waals surface area contributed by atoms with Gasteiger partial charge in [-0.3, -0.25) is 0 Å². The molecule has 2 aromatic rings. The molecule has 1 N–H and O–H groups in total. The molecule has 1 aromatic heterocycles. The molecule has 0 fully saturated rings. The van der Waals surface area contributed by atoms with Gasteiger partial charge < -0.3 is 5.32 Å². The van der Waals surface area contributed by atoms with Crippen molar-refractivity contribution in [2.24, 2.45) is 0 Å². The Bertz CT molecular complexity index is 563. The smallest absolute Gasteiger partial charge is 0.0905 e. The molecule has 0 spiro atoms. The first-order valence-electron chi connectivity index (χ1n) is 5.94. The lowest BCUT2D eigenvalue weighted by Crippen LogP contribution is -2.11. The predicted molar refractivity (Wildman–Crippen MR) is 79.5 cm³/mol. The van der Waals surface area contributed by atoms with Crippen molar-refractivity contribution in [3.05, 3.63) is 38.7 Å². The van der Waals surface area contributed by atoms with Crippen molar-refractivity contribution < 1.29 is 0 Å². The standard InChI is InChI=1S/C14H17ClN2S/c1-8-11(6-5-7-12(8)15)13-14(9(2)16-4)18-10(3)17-13/h5-7,9,16H,1-4H3. The van der Waals surface area contributed by atoms with E-state index in [9.17, 15) is 0 Å². The summed E-state index contributed by atoms with van der Waals surface area (Å²) in [5, 5.41) is 5.15. The average molecular weight is 281 g/mol. The van der Waals surface area contributed by atoms with E-state index < -0.39 is 0 Å². The lowest BCUT2D eigenvalue weighted by atomic mass is 10.0. The number of benzene rings is 1. The zero-order chi connectivity index (χ0) is 13.3. The number of rotatable bonds is 3. The zero-order valence-electron chi connectivity index (χ0n) is 11.0. The van der Waals surface area contributed by atoms with Crippen molar-refractivity contribution in [3.63, 3.8) is 0 Å². The Morgan fingerprint density at radius 1 is 1.33 bits per heavy atom. The molecule has 1 atom stereocenters. The number of hydrogen-bond donors (Lipinski definition) is 1. The van der Waals surface area contributed by atoms with E-state index in [0.29, 0.717) is 6.04 Å². The Labute approximate surface area is 117 Å². The molecule has 1 heterocycles. The minimum atomic E-state index is 0.296.